The lowest BCUT2D eigenvalue weighted by molar-refractivity contribution is -0.141. The van der Waals surface area contributed by atoms with Crippen molar-refractivity contribution in [3.63, 3.8) is 0 Å². The molecule has 3 heteroatoms. The monoisotopic (exact) mass is 185 g/mol. The summed E-state index contributed by atoms with van der Waals surface area (Å²) in [4.78, 5) is 0. The first kappa shape index (κ1) is 9.44. The quantitative estimate of drug-likeness (QED) is 0.592. The van der Waals surface area contributed by atoms with Crippen LogP contribution < -0.4 is 5.73 Å². The van der Waals surface area contributed by atoms with Crippen LogP contribution in [0.2, 0.25) is 0 Å². The summed E-state index contributed by atoms with van der Waals surface area (Å²) >= 11 is 0. The van der Waals surface area contributed by atoms with Crippen molar-refractivity contribution in [3.8, 4) is 0 Å². The molecule has 2 rings (SSSR count). The molecular formula is C10H19NO2. The van der Waals surface area contributed by atoms with E-state index in [9.17, 15) is 5.11 Å². The molecule has 3 nitrogen and oxygen atoms in total. The molecule has 76 valence electrons. The van der Waals surface area contributed by atoms with E-state index in [2.05, 4.69) is 0 Å². The van der Waals surface area contributed by atoms with Crippen LogP contribution in [-0.2, 0) is 4.74 Å². The van der Waals surface area contributed by atoms with Gasteiger partial charge in [-0.3, -0.25) is 0 Å². The molecule has 1 saturated heterocycles. The standard InChI is InChI=1S/C10H19NO2/c1-7-8(11)10(9(12)13-7)5-3-2-4-6-10/h7-9,12H,2-6,11H2,1H3/t7-,8+,9?/m0/s1. The molecule has 3 N–H and O–H groups in total. The Morgan fingerprint density at radius 2 is 1.92 bits per heavy atom. The van der Waals surface area contributed by atoms with E-state index in [1.807, 2.05) is 6.92 Å². The summed E-state index contributed by atoms with van der Waals surface area (Å²) in [5, 5.41) is 9.84. The number of aliphatic hydroxyl groups excluding tert-OH is 1. The number of nitrogens with two attached hydrogens (primary N) is 1. The SMILES string of the molecule is C[C@@H]1OC(O)C2(CCCCC2)[C@@H]1N. The van der Waals surface area contributed by atoms with Gasteiger partial charge in [-0.2, -0.15) is 0 Å². The van der Waals surface area contributed by atoms with Crippen molar-refractivity contribution in [2.75, 3.05) is 0 Å². The maximum atomic E-state index is 9.84. The fraction of sp³-hybridized carbons (Fsp3) is 1.00. The highest BCUT2D eigenvalue weighted by Crippen LogP contribution is 2.47. The van der Waals surface area contributed by atoms with E-state index in [-0.39, 0.29) is 17.6 Å². The Labute approximate surface area is 79.3 Å². The van der Waals surface area contributed by atoms with Gasteiger partial charge in [0.25, 0.3) is 0 Å². The third kappa shape index (κ3) is 1.30. The largest absolute Gasteiger partial charge is 0.367 e. The molecule has 13 heavy (non-hydrogen) atoms. The first-order valence-corrected chi connectivity index (χ1v) is 5.26. The van der Waals surface area contributed by atoms with Crippen molar-refractivity contribution in [2.24, 2.45) is 11.1 Å². The van der Waals surface area contributed by atoms with Crippen LogP contribution in [0.4, 0.5) is 0 Å². The van der Waals surface area contributed by atoms with Gasteiger partial charge in [0.1, 0.15) is 0 Å². The Balaban J connectivity index is 2.18. The Kier molecular flexibility index (Phi) is 2.34. The summed E-state index contributed by atoms with van der Waals surface area (Å²) in [6.07, 6.45) is 5.07. The third-order valence-corrected chi connectivity index (χ3v) is 3.79. The van der Waals surface area contributed by atoms with E-state index in [4.69, 9.17) is 10.5 Å². The number of rotatable bonds is 0. The molecule has 1 aliphatic heterocycles. The van der Waals surface area contributed by atoms with E-state index in [1.165, 1.54) is 19.3 Å². The molecule has 0 aromatic rings. The van der Waals surface area contributed by atoms with Crippen LogP contribution in [0.3, 0.4) is 0 Å². The highest BCUT2D eigenvalue weighted by atomic mass is 16.6. The zero-order valence-corrected chi connectivity index (χ0v) is 8.20. The van der Waals surface area contributed by atoms with Crippen molar-refractivity contribution in [3.05, 3.63) is 0 Å². The van der Waals surface area contributed by atoms with Crippen molar-refractivity contribution < 1.29 is 9.84 Å². The zero-order chi connectivity index (χ0) is 9.47. The lowest BCUT2D eigenvalue weighted by Crippen LogP contribution is -2.47. The average molecular weight is 185 g/mol. The number of hydrogen-bond donors (Lipinski definition) is 2. The van der Waals surface area contributed by atoms with Crippen LogP contribution in [0.5, 0.6) is 0 Å². The molecule has 0 aromatic heterocycles. The molecule has 1 heterocycles. The van der Waals surface area contributed by atoms with Gasteiger partial charge in [0.15, 0.2) is 6.29 Å². The van der Waals surface area contributed by atoms with Crippen molar-refractivity contribution in [2.45, 2.75) is 57.5 Å². The maximum Gasteiger partial charge on any atom is 0.162 e. The van der Waals surface area contributed by atoms with Crippen LogP contribution in [-0.4, -0.2) is 23.5 Å². The second-order valence-electron chi connectivity index (χ2n) is 4.51. The molecule has 0 radical (unpaired) electrons. The molecule has 3 atom stereocenters. The summed E-state index contributed by atoms with van der Waals surface area (Å²) in [6, 6.07) is 0.0165. The molecule has 1 saturated carbocycles. The fourth-order valence-electron chi connectivity index (χ4n) is 2.85. The van der Waals surface area contributed by atoms with Crippen LogP contribution in [0, 0.1) is 5.41 Å². The Morgan fingerprint density at radius 1 is 1.31 bits per heavy atom. The van der Waals surface area contributed by atoms with E-state index in [0.717, 1.165) is 12.8 Å². The van der Waals surface area contributed by atoms with Crippen LogP contribution in [0.15, 0.2) is 0 Å². The van der Waals surface area contributed by atoms with Gasteiger partial charge >= 0.3 is 0 Å². The Morgan fingerprint density at radius 3 is 2.38 bits per heavy atom. The fourth-order valence-corrected chi connectivity index (χ4v) is 2.85. The van der Waals surface area contributed by atoms with Gasteiger partial charge in [0, 0.05) is 11.5 Å². The first-order chi connectivity index (χ1) is 6.17. The normalized spacial score (nSPS) is 44.1. The summed E-state index contributed by atoms with van der Waals surface area (Å²) in [6.45, 7) is 1.96. The number of aliphatic hydroxyl groups is 1. The second-order valence-corrected chi connectivity index (χ2v) is 4.51. The van der Waals surface area contributed by atoms with Crippen LogP contribution in [0.1, 0.15) is 39.0 Å². The highest BCUT2D eigenvalue weighted by molar-refractivity contribution is 5.01. The van der Waals surface area contributed by atoms with Gasteiger partial charge < -0.3 is 15.6 Å². The molecular weight excluding hydrogens is 166 g/mol. The maximum absolute atomic E-state index is 9.84. The van der Waals surface area contributed by atoms with Gasteiger partial charge in [-0.1, -0.05) is 19.3 Å². The van der Waals surface area contributed by atoms with Gasteiger partial charge in [0.2, 0.25) is 0 Å². The van der Waals surface area contributed by atoms with Crippen molar-refractivity contribution in [1.29, 1.82) is 0 Å². The smallest absolute Gasteiger partial charge is 0.162 e. The predicted octanol–water partition coefficient (Wildman–Crippen LogP) is 1.00. The molecule has 2 fully saturated rings. The highest BCUT2D eigenvalue weighted by Gasteiger charge is 2.52. The van der Waals surface area contributed by atoms with E-state index >= 15 is 0 Å². The summed E-state index contributed by atoms with van der Waals surface area (Å²) in [5.74, 6) is 0. The molecule has 0 amide bonds. The Hall–Kier alpha value is -0.120. The topological polar surface area (TPSA) is 55.5 Å². The molecule has 1 unspecified atom stereocenters. The summed E-state index contributed by atoms with van der Waals surface area (Å²) in [7, 11) is 0. The first-order valence-electron chi connectivity index (χ1n) is 5.26. The second kappa shape index (κ2) is 3.23. The lowest BCUT2D eigenvalue weighted by Gasteiger charge is -2.38. The predicted molar refractivity (Wildman–Crippen MR) is 50.0 cm³/mol. The van der Waals surface area contributed by atoms with Gasteiger partial charge in [-0.05, 0) is 19.8 Å². The summed E-state index contributed by atoms with van der Waals surface area (Å²) in [5.41, 5.74) is 5.97. The van der Waals surface area contributed by atoms with E-state index < -0.39 is 6.29 Å². The van der Waals surface area contributed by atoms with Gasteiger partial charge in [-0.15, -0.1) is 0 Å². The average Bonchev–Trinajstić information content (AvgIpc) is 2.34. The van der Waals surface area contributed by atoms with Crippen LogP contribution in [0.25, 0.3) is 0 Å². The molecule has 0 aromatic carbocycles. The zero-order valence-electron chi connectivity index (χ0n) is 8.20. The van der Waals surface area contributed by atoms with Crippen LogP contribution >= 0.6 is 0 Å². The molecule has 1 aliphatic carbocycles. The lowest BCUT2D eigenvalue weighted by atomic mass is 9.69. The minimum Gasteiger partial charge on any atom is -0.367 e. The third-order valence-electron chi connectivity index (χ3n) is 3.79. The van der Waals surface area contributed by atoms with E-state index in [0.29, 0.717) is 0 Å². The number of hydrogen-bond acceptors (Lipinski definition) is 3. The molecule has 1 spiro atoms. The Bertz CT molecular complexity index is 189. The molecule has 0 bridgehead atoms. The van der Waals surface area contributed by atoms with Crippen molar-refractivity contribution in [1.82, 2.24) is 0 Å². The van der Waals surface area contributed by atoms with E-state index in [1.54, 1.807) is 0 Å². The minimum atomic E-state index is -0.627. The minimum absolute atomic E-state index is 0.00750. The molecule has 2 aliphatic rings. The van der Waals surface area contributed by atoms with Gasteiger partial charge in [0.05, 0.1) is 6.10 Å². The van der Waals surface area contributed by atoms with Crippen molar-refractivity contribution >= 4 is 0 Å². The van der Waals surface area contributed by atoms with Gasteiger partial charge in [-0.25, -0.2) is 0 Å². The summed E-state index contributed by atoms with van der Waals surface area (Å²) < 4.78 is 5.40. The number of ether oxygens (including phenoxy) is 1.